The molecule has 0 fully saturated rings. The van der Waals surface area contributed by atoms with Crippen molar-refractivity contribution < 1.29 is 9.90 Å². The zero-order valence-electron chi connectivity index (χ0n) is 21.6. The zero-order chi connectivity index (χ0) is 24.3. The van der Waals surface area contributed by atoms with Crippen LogP contribution in [0.2, 0.25) is 0 Å². The fourth-order valence-electron chi connectivity index (χ4n) is 4.62. The van der Waals surface area contributed by atoms with E-state index in [0.717, 1.165) is 35.9 Å². The number of unbranched alkanes of at least 4 members (excludes halogenated alkanes) is 15. The van der Waals surface area contributed by atoms with E-state index < -0.39 is 0 Å². The maximum absolute atomic E-state index is 12.0. The molecule has 0 atom stereocenters. The number of urea groups is 1. The summed E-state index contributed by atoms with van der Waals surface area (Å²) in [6.45, 7) is 3.60. The van der Waals surface area contributed by atoms with Gasteiger partial charge in [-0.1, -0.05) is 103 Å². The highest BCUT2D eigenvalue weighted by Gasteiger charge is 2.05. The average Bonchev–Trinajstić information content (AvgIpc) is 3.23. The predicted octanol–water partition coefficient (Wildman–Crippen LogP) is 7.98. The first-order valence-electron chi connectivity index (χ1n) is 14.0. The minimum atomic E-state index is -0.0938. The fourth-order valence-corrected chi connectivity index (χ4v) is 4.62. The van der Waals surface area contributed by atoms with Gasteiger partial charge in [0.25, 0.3) is 0 Å². The predicted molar refractivity (Wildman–Crippen MR) is 145 cm³/mol. The van der Waals surface area contributed by atoms with E-state index in [2.05, 4.69) is 22.5 Å². The highest BCUT2D eigenvalue weighted by Crippen LogP contribution is 2.23. The van der Waals surface area contributed by atoms with Crippen LogP contribution in [0.1, 0.15) is 115 Å². The Morgan fingerprint density at radius 3 is 1.88 bits per heavy atom. The van der Waals surface area contributed by atoms with Crippen LogP contribution in [-0.2, 0) is 6.42 Å². The second-order valence-corrected chi connectivity index (χ2v) is 9.78. The number of amides is 2. The molecule has 2 aromatic rings. The normalized spacial score (nSPS) is 11.2. The van der Waals surface area contributed by atoms with Gasteiger partial charge in [0.2, 0.25) is 0 Å². The topological polar surface area (TPSA) is 77.2 Å². The van der Waals surface area contributed by atoms with Gasteiger partial charge < -0.3 is 20.7 Å². The van der Waals surface area contributed by atoms with Crippen molar-refractivity contribution in [3.05, 3.63) is 30.0 Å². The summed E-state index contributed by atoms with van der Waals surface area (Å²) >= 11 is 0. The number of nitrogens with one attached hydrogen (secondary N) is 3. The average molecular weight is 472 g/mol. The van der Waals surface area contributed by atoms with Crippen molar-refractivity contribution in [1.82, 2.24) is 15.6 Å². The van der Waals surface area contributed by atoms with E-state index in [4.69, 9.17) is 0 Å². The van der Waals surface area contributed by atoms with Crippen LogP contribution in [0.5, 0.6) is 5.75 Å². The molecule has 1 aromatic carbocycles. The van der Waals surface area contributed by atoms with Gasteiger partial charge in [0.1, 0.15) is 5.75 Å². The number of rotatable bonds is 20. The molecule has 5 nitrogen and oxygen atoms in total. The highest BCUT2D eigenvalue weighted by molar-refractivity contribution is 5.84. The molecule has 2 amide bonds. The maximum Gasteiger partial charge on any atom is 0.314 e. The summed E-state index contributed by atoms with van der Waals surface area (Å²) in [6, 6.07) is 5.21. The van der Waals surface area contributed by atoms with Crippen molar-refractivity contribution in [2.75, 3.05) is 13.1 Å². The molecule has 4 N–H and O–H groups in total. The molecule has 34 heavy (non-hydrogen) atoms. The zero-order valence-corrected chi connectivity index (χ0v) is 21.6. The molecule has 5 heteroatoms. The van der Waals surface area contributed by atoms with Crippen LogP contribution in [0.4, 0.5) is 4.79 Å². The lowest BCUT2D eigenvalue weighted by molar-refractivity contribution is 0.241. The largest absolute Gasteiger partial charge is 0.508 e. The van der Waals surface area contributed by atoms with Gasteiger partial charge in [-0.05, 0) is 36.6 Å². The van der Waals surface area contributed by atoms with Crippen LogP contribution < -0.4 is 10.6 Å². The van der Waals surface area contributed by atoms with E-state index in [0.29, 0.717) is 6.54 Å². The van der Waals surface area contributed by atoms with Crippen molar-refractivity contribution in [2.45, 2.75) is 116 Å². The summed E-state index contributed by atoms with van der Waals surface area (Å²) in [5.41, 5.74) is 2.10. The summed E-state index contributed by atoms with van der Waals surface area (Å²) in [5, 5.41) is 16.6. The van der Waals surface area contributed by atoms with E-state index in [-0.39, 0.29) is 11.8 Å². The Bertz CT molecular complexity index is 787. The summed E-state index contributed by atoms with van der Waals surface area (Å²) < 4.78 is 0. The Kier molecular flexibility index (Phi) is 15.0. The van der Waals surface area contributed by atoms with Crippen molar-refractivity contribution in [1.29, 1.82) is 0 Å². The van der Waals surface area contributed by atoms with Crippen LogP contribution in [0, 0.1) is 0 Å². The first-order chi connectivity index (χ1) is 16.7. The number of benzene rings is 1. The van der Waals surface area contributed by atoms with E-state index in [1.807, 2.05) is 12.3 Å². The second kappa shape index (κ2) is 18.2. The van der Waals surface area contributed by atoms with Gasteiger partial charge in [0.15, 0.2) is 0 Å². The van der Waals surface area contributed by atoms with Crippen LogP contribution >= 0.6 is 0 Å². The Labute approximate surface area is 207 Å². The van der Waals surface area contributed by atoms with Crippen molar-refractivity contribution in [2.24, 2.45) is 0 Å². The smallest absolute Gasteiger partial charge is 0.314 e. The number of fused-ring (bicyclic) bond motifs is 1. The first-order valence-corrected chi connectivity index (χ1v) is 14.0. The van der Waals surface area contributed by atoms with Gasteiger partial charge in [-0.15, -0.1) is 0 Å². The Balaban J connectivity index is 1.33. The van der Waals surface area contributed by atoms with Crippen LogP contribution in [-0.4, -0.2) is 29.2 Å². The van der Waals surface area contributed by atoms with Crippen molar-refractivity contribution in [3.8, 4) is 5.75 Å². The number of aromatic amines is 1. The fraction of sp³-hybridized carbons (Fsp3) is 0.690. The Hall–Kier alpha value is -2.17. The molecule has 0 spiro atoms. The number of hydrogen-bond donors (Lipinski definition) is 4. The van der Waals surface area contributed by atoms with Crippen LogP contribution in [0.3, 0.4) is 0 Å². The maximum atomic E-state index is 12.0. The van der Waals surface area contributed by atoms with Gasteiger partial charge >= 0.3 is 6.03 Å². The molecule has 0 aliphatic heterocycles. The molecule has 1 heterocycles. The molecule has 1 aromatic heterocycles. The number of H-pyrrole nitrogens is 1. The summed E-state index contributed by atoms with van der Waals surface area (Å²) in [5.74, 6) is 0.262. The van der Waals surface area contributed by atoms with Crippen LogP contribution in [0.15, 0.2) is 24.4 Å². The third kappa shape index (κ3) is 12.3. The standard InChI is InChI=1S/C29H49N3O2/c1-2-3-4-5-6-7-8-9-10-11-12-13-14-15-16-17-21-30-29(34)31-22-20-25-24-32-28-19-18-26(33)23-27(25)28/h18-19,23-24,32-33H,2-17,20-22H2,1H3,(H2,30,31,34). The number of phenolic OH excluding ortho intramolecular Hbond substituents is 1. The SMILES string of the molecule is CCCCCCCCCCCCCCCCCCNC(=O)NCCc1c[nH]c2ccc(O)cc12. The molecule has 0 saturated carbocycles. The van der Waals surface area contributed by atoms with Crippen molar-refractivity contribution >= 4 is 16.9 Å². The van der Waals surface area contributed by atoms with Gasteiger partial charge in [0, 0.05) is 30.2 Å². The van der Waals surface area contributed by atoms with Gasteiger partial charge in [0.05, 0.1) is 0 Å². The number of carbonyl (C=O) groups is 1. The minimum absolute atomic E-state index is 0.0938. The molecule has 0 aliphatic rings. The van der Waals surface area contributed by atoms with Crippen molar-refractivity contribution in [3.63, 3.8) is 0 Å². The Morgan fingerprint density at radius 1 is 0.765 bits per heavy atom. The number of hydrogen-bond acceptors (Lipinski definition) is 2. The summed E-state index contributed by atoms with van der Waals surface area (Å²) in [4.78, 5) is 15.2. The van der Waals surface area contributed by atoms with Gasteiger partial charge in [-0.3, -0.25) is 0 Å². The summed E-state index contributed by atoms with van der Waals surface area (Å²) in [7, 11) is 0. The molecular weight excluding hydrogens is 422 g/mol. The second-order valence-electron chi connectivity index (χ2n) is 9.78. The number of aromatic nitrogens is 1. The lowest BCUT2D eigenvalue weighted by Gasteiger charge is -2.07. The van der Waals surface area contributed by atoms with E-state index >= 15 is 0 Å². The molecular formula is C29H49N3O2. The molecule has 0 saturated heterocycles. The number of phenols is 1. The Morgan fingerprint density at radius 2 is 1.29 bits per heavy atom. The van der Waals surface area contributed by atoms with E-state index in [9.17, 15) is 9.90 Å². The molecule has 0 bridgehead atoms. The lowest BCUT2D eigenvalue weighted by Crippen LogP contribution is -2.37. The van der Waals surface area contributed by atoms with Crippen LogP contribution in [0.25, 0.3) is 10.9 Å². The molecule has 0 radical (unpaired) electrons. The van der Waals surface area contributed by atoms with Gasteiger partial charge in [-0.2, -0.15) is 0 Å². The third-order valence-corrected chi connectivity index (χ3v) is 6.75. The monoisotopic (exact) mass is 471 g/mol. The number of aromatic hydroxyl groups is 1. The summed E-state index contributed by atoms with van der Waals surface area (Å²) in [6.07, 6.45) is 24.4. The van der Waals surface area contributed by atoms with Gasteiger partial charge in [-0.25, -0.2) is 4.79 Å². The minimum Gasteiger partial charge on any atom is -0.508 e. The molecule has 0 aliphatic carbocycles. The molecule has 2 rings (SSSR count). The van der Waals surface area contributed by atoms with E-state index in [1.165, 1.54) is 96.3 Å². The van der Waals surface area contributed by atoms with E-state index in [1.54, 1.807) is 12.1 Å². The lowest BCUT2D eigenvalue weighted by atomic mass is 10.0. The third-order valence-electron chi connectivity index (χ3n) is 6.75. The quantitative estimate of drug-likeness (QED) is 0.148. The first kappa shape index (κ1) is 28.1. The number of carbonyl (C=O) groups excluding carboxylic acids is 1. The molecule has 192 valence electrons. The highest BCUT2D eigenvalue weighted by atomic mass is 16.3. The molecule has 0 unspecified atom stereocenters.